The number of hydrogen-bond donors (Lipinski definition) is 4. The molecule has 0 spiro atoms. The summed E-state index contributed by atoms with van der Waals surface area (Å²) < 4.78 is 0. The van der Waals surface area contributed by atoms with E-state index in [1.54, 1.807) is 38.5 Å². The lowest BCUT2D eigenvalue weighted by molar-refractivity contribution is -0.118. The maximum absolute atomic E-state index is 12.5. The number of allylic oxidation sites excluding steroid dienone is 1. The van der Waals surface area contributed by atoms with Crippen LogP contribution in [-0.4, -0.2) is 35.8 Å². The van der Waals surface area contributed by atoms with E-state index >= 15 is 0 Å². The number of nitrogens with zero attached hydrogens (tertiary/aromatic N) is 2. The van der Waals surface area contributed by atoms with Crippen LogP contribution in [0.4, 0.5) is 0 Å². The van der Waals surface area contributed by atoms with Crippen molar-refractivity contribution in [2.24, 2.45) is 10.8 Å². The van der Waals surface area contributed by atoms with Gasteiger partial charge in [0.15, 0.2) is 11.5 Å². The van der Waals surface area contributed by atoms with Gasteiger partial charge in [-0.05, 0) is 38.5 Å². The van der Waals surface area contributed by atoms with E-state index < -0.39 is 0 Å². The van der Waals surface area contributed by atoms with Gasteiger partial charge in [-0.15, -0.1) is 0 Å². The number of nitrogens with two attached hydrogens (primary N) is 1. The van der Waals surface area contributed by atoms with Crippen molar-refractivity contribution in [1.82, 2.24) is 15.6 Å². The normalized spacial score (nSPS) is 16.2. The predicted octanol–water partition coefficient (Wildman–Crippen LogP) is 2.21. The van der Waals surface area contributed by atoms with Crippen molar-refractivity contribution >= 4 is 29.3 Å². The summed E-state index contributed by atoms with van der Waals surface area (Å²) >= 11 is 0. The molecule has 1 amide bonds. The first-order valence-electron chi connectivity index (χ1n) is 8.44. The van der Waals surface area contributed by atoms with E-state index in [2.05, 4.69) is 15.7 Å². The molecule has 0 saturated carbocycles. The van der Waals surface area contributed by atoms with Gasteiger partial charge < -0.3 is 21.5 Å². The predicted molar refractivity (Wildman–Crippen MR) is 106 cm³/mol. The maximum Gasteiger partial charge on any atom is 0.273 e. The lowest BCUT2D eigenvalue weighted by atomic mass is 9.94. The summed E-state index contributed by atoms with van der Waals surface area (Å²) in [6, 6.07) is 5.43. The largest absolute Gasteiger partial charge is 0.505 e. The number of rotatable bonds is 5. The number of aliphatic hydroxyl groups excluding tert-OH is 1. The summed E-state index contributed by atoms with van der Waals surface area (Å²) in [4.78, 5) is 12.5. The number of carbonyl (C=O) groups excluding carboxylic acids is 1. The highest BCUT2D eigenvalue weighted by Crippen LogP contribution is 2.38. The Morgan fingerprint density at radius 2 is 2.08 bits per heavy atom. The third kappa shape index (κ3) is 3.42. The molecule has 0 aromatic heterocycles. The lowest BCUT2D eigenvalue weighted by Crippen LogP contribution is -2.35. The molecule has 0 unspecified atom stereocenters. The zero-order valence-electron chi connectivity index (χ0n) is 15.5. The molecule has 0 atom stereocenters. The molecule has 5 N–H and O–H groups in total. The fraction of sp³-hybridized carbons (Fsp3) is 0.263. The third-order valence-electron chi connectivity index (χ3n) is 3.90. The molecule has 1 aliphatic rings. The highest BCUT2D eigenvalue weighted by atomic mass is 16.3. The van der Waals surface area contributed by atoms with Crippen LogP contribution in [0.25, 0.3) is 17.2 Å². The van der Waals surface area contributed by atoms with Gasteiger partial charge in [0.2, 0.25) is 0 Å². The van der Waals surface area contributed by atoms with Crippen molar-refractivity contribution in [2.75, 3.05) is 13.6 Å². The number of amides is 1. The topological polar surface area (TPSA) is 103 Å². The Hall–Kier alpha value is -3.22. The maximum atomic E-state index is 12.5. The van der Waals surface area contributed by atoms with Crippen molar-refractivity contribution in [2.45, 2.75) is 20.8 Å². The number of benzene rings is 1. The van der Waals surface area contributed by atoms with Gasteiger partial charge in [-0.25, -0.2) is 5.01 Å². The van der Waals surface area contributed by atoms with E-state index in [1.807, 2.05) is 26.0 Å². The molecule has 0 radical (unpaired) electrons. The number of carbonyl (C=O) groups is 1. The molecule has 0 aliphatic carbocycles. The Kier molecular flexibility index (Phi) is 6.06. The fourth-order valence-electron chi connectivity index (χ4n) is 2.80. The number of hydrogen-bond acceptors (Lipinski definition) is 6. The molecular formula is C19H25N5O2. The molecular weight excluding hydrogens is 330 g/mol. The molecule has 1 aromatic carbocycles. The van der Waals surface area contributed by atoms with Crippen LogP contribution in [0.1, 0.15) is 37.5 Å². The first kappa shape index (κ1) is 19.1. The summed E-state index contributed by atoms with van der Waals surface area (Å²) in [5.74, 6) is -0.510. The van der Waals surface area contributed by atoms with E-state index in [9.17, 15) is 9.90 Å². The Labute approximate surface area is 153 Å². The molecule has 1 aliphatic heterocycles. The van der Waals surface area contributed by atoms with Crippen LogP contribution in [0.2, 0.25) is 0 Å². The smallest absolute Gasteiger partial charge is 0.273 e. The second-order valence-corrected chi connectivity index (χ2v) is 5.56. The minimum absolute atomic E-state index is 0.0945. The lowest BCUT2D eigenvalue weighted by Gasteiger charge is -2.31. The fourth-order valence-corrected chi connectivity index (χ4v) is 2.80. The van der Waals surface area contributed by atoms with Crippen LogP contribution in [0.5, 0.6) is 0 Å². The molecule has 0 saturated heterocycles. The van der Waals surface area contributed by atoms with E-state index in [0.717, 1.165) is 11.1 Å². The van der Waals surface area contributed by atoms with Gasteiger partial charge in [-0.2, -0.15) is 5.10 Å². The van der Waals surface area contributed by atoms with Gasteiger partial charge in [0.25, 0.3) is 5.91 Å². The Morgan fingerprint density at radius 3 is 2.65 bits per heavy atom. The van der Waals surface area contributed by atoms with Gasteiger partial charge in [-0.1, -0.05) is 12.1 Å². The standard InChI is InChI=1S/C19H25N5O2/c1-5-16-14-10-12(15(20)11-21-4)8-9-13(14)18(25)17(19(26)22-6-2)24(16)23-7-3/h5,7-11,21,25H,6,20H2,1-4H3,(H,22,26)/b15-11-,16-5+,23-7-. The molecule has 0 fully saturated rings. The highest BCUT2D eigenvalue weighted by Gasteiger charge is 2.33. The SMILES string of the molecule is C/C=N\N1C(C(=O)NCC)=C(O)c2ccc(/C(N)=C/NC)cc2/C1=C\C. The Bertz CT molecular complexity index is 821. The average molecular weight is 355 g/mol. The number of hydrazone groups is 1. The monoisotopic (exact) mass is 355 g/mol. The van der Waals surface area contributed by atoms with Gasteiger partial charge in [-0.3, -0.25) is 4.79 Å². The molecule has 7 heteroatoms. The first-order valence-corrected chi connectivity index (χ1v) is 8.44. The third-order valence-corrected chi connectivity index (χ3v) is 3.90. The zero-order valence-corrected chi connectivity index (χ0v) is 15.5. The minimum atomic E-state index is -0.390. The molecule has 1 heterocycles. The van der Waals surface area contributed by atoms with Crippen LogP contribution in [-0.2, 0) is 4.79 Å². The molecule has 2 rings (SSSR count). The van der Waals surface area contributed by atoms with Crippen molar-refractivity contribution in [3.63, 3.8) is 0 Å². The summed E-state index contributed by atoms with van der Waals surface area (Å²) in [6.07, 6.45) is 5.11. The number of likely N-dealkylation sites (N-methyl/N-ethyl adjacent to an activating group) is 1. The van der Waals surface area contributed by atoms with Gasteiger partial charge in [0.1, 0.15) is 0 Å². The van der Waals surface area contributed by atoms with E-state index in [-0.39, 0.29) is 17.4 Å². The van der Waals surface area contributed by atoms with Gasteiger partial charge in [0, 0.05) is 37.1 Å². The second kappa shape index (κ2) is 8.24. The molecule has 7 nitrogen and oxygen atoms in total. The number of nitrogens with one attached hydrogen (secondary N) is 2. The van der Waals surface area contributed by atoms with Crippen LogP contribution < -0.4 is 16.4 Å². The molecule has 26 heavy (non-hydrogen) atoms. The van der Waals surface area contributed by atoms with Crippen LogP contribution in [0, 0.1) is 0 Å². The van der Waals surface area contributed by atoms with E-state index in [1.165, 1.54) is 5.01 Å². The number of fused-ring (bicyclic) bond motifs is 1. The Morgan fingerprint density at radius 1 is 1.35 bits per heavy atom. The summed E-state index contributed by atoms with van der Waals surface area (Å²) in [7, 11) is 1.77. The van der Waals surface area contributed by atoms with E-state index in [4.69, 9.17) is 5.73 Å². The van der Waals surface area contributed by atoms with Crippen LogP contribution in [0.15, 0.2) is 41.3 Å². The van der Waals surface area contributed by atoms with Gasteiger partial charge in [0.05, 0.1) is 11.4 Å². The summed E-state index contributed by atoms with van der Waals surface area (Å²) in [5, 5.41) is 22.1. The zero-order chi connectivity index (χ0) is 19.3. The van der Waals surface area contributed by atoms with Gasteiger partial charge >= 0.3 is 0 Å². The summed E-state index contributed by atoms with van der Waals surface area (Å²) in [6.45, 7) is 5.87. The highest BCUT2D eigenvalue weighted by molar-refractivity contribution is 6.04. The van der Waals surface area contributed by atoms with Crippen LogP contribution >= 0.6 is 0 Å². The quantitative estimate of drug-likeness (QED) is 0.607. The summed E-state index contributed by atoms with van der Waals surface area (Å²) in [5.41, 5.74) is 9.52. The number of aliphatic hydroxyl groups is 1. The van der Waals surface area contributed by atoms with E-state index in [0.29, 0.717) is 23.5 Å². The van der Waals surface area contributed by atoms with Crippen molar-refractivity contribution in [3.8, 4) is 0 Å². The Balaban J connectivity index is 2.73. The first-order chi connectivity index (χ1) is 12.5. The van der Waals surface area contributed by atoms with Crippen LogP contribution in [0.3, 0.4) is 0 Å². The van der Waals surface area contributed by atoms with Crippen molar-refractivity contribution in [3.05, 3.63) is 52.9 Å². The van der Waals surface area contributed by atoms with Crippen molar-refractivity contribution in [1.29, 1.82) is 0 Å². The minimum Gasteiger partial charge on any atom is -0.505 e. The van der Waals surface area contributed by atoms with Crippen molar-refractivity contribution < 1.29 is 9.90 Å². The molecule has 0 bridgehead atoms. The molecule has 1 aromatic rings. The average Bonchev–Trinajstić information content (AvgIpc) is 2.62. The molecule has 138 valence electrons. The second-order valence-electron chi connectivity index (χ2n) is 5.56.